The summed E-state index contributed by atoms with van der Waals surface area (Å²) in [5.74, 6) is -4.68. The summed E-state index contributed by atoms with van der Waals surface area (Å²) in [5.41, 5.74) is 0.291. The second-order valence-electron chi connectivity index (χ2n) is 5.06. The van der Waals surface area contributed by atoms with E-state index in [4.69, 9.17) is 4.74 Å². The van der Waals surface area contributed by atoms with Crippen molar-refractivity contribution in [2.75, 3.05) is 13.7 Å². The van der Waals surface area contributed by atoms with Crippen LogP contribution < -0.4 is 0 Å². The van der Waals surface area contributed by atoms with Crippen LogP contribution in [0.4, 0.5) is 8.78 Å². The van der Waals surface area contributed by atoms with Gasteiger partial charge in [0.15, 0.2) is 0 Å². The summed E-state index contributed by atoms with van der Waals surface area (Å²) in [4.78, 5) is 25.2. The first-order valence-corrected chi connectivity index (χ1v) is 6.90. The molecule has 1 aliphatic rings. The first-order valence-electron chi connectivity index (χ1n) is 6.90. The molecule has 0 fully saturated rings. The van der Waals surface area contributed by atoms with Crippen LogP contribution in [0.25, 0.3) is 0 Å². The van der Waals surface area contributed by atoms with E-state index < -0.39 is 30.2 Å². The molecule has 2 rings (SSSR count). The number of imide groups is 1. The quantitative estimate of drug-likeness (QED) is 0.442. The average Bonchev–Trinajstić information content (AvgIpc) is 2.74. The van der Waals surface area contributed by atoms with Crippen molar-refractivity contribution in [3.8, 4) is 0 Å². The molecular weight excluding hydrogens is 292 g/mol. The number of hydrogen-bond donors (Lipinski definition) is 0. The monoisotopic (exact) mass is 309 g/mol. The number of carbonyl (C=O) groups is 2. The standard InChI is InChI=1S/C16H17F2NO3/c1-3-13(16(17,18)9-6-10-22-2)19-14(20)11-7-4-5-8-12(11)15(19)21/h3-5,7-8,13H,1,6,9-10H2,2H3. The number of amides is 2. The van der Waals surface area contributed by atoms with Gasteiger partial charge in [-0.2, -0.15) is 0 Å². The maximum absolute atomic E-state index is 14.4. The molecule has 0 spiro atoms. The van der Waals surface area contributed by atoms with Gasteiger partial charge in [-0.3, -0.25) is 14.5 Å². The Kier molecular flexibility index (Phi) is 4.71. The fraction of sp³-hybridized carbons (Fsp3) is 0.375. The van der Waals surface area contributed by atoms with E-state index in [1.54, 1.807) is 12.1 Å². The van der Waals surface area contributed by atoms with Crippen LogP contribution in [0.2, 0.25) is 0 Å². The van der Waals surface area contributed by atoms with Gasteiger partial charge >= 0.3 is 0 Å². The van der Waals surface area contributed by atoms with E-state index in [1.807, 2.05) is 0 Å². The van der Waals surface area contributed by atoms with Crippen molar-refractivity contribution in [2.24, 2.45) is 0 Å². The number of hydrogen-bond acceptors (Lipinski definition) is 3. The summed E-state index contributed by atoms with van der Waals surface area (Å²) in [6, 6.07) is 4.43. The molecule has 2 amide bonds. The molecule has 0 radical (unpaired) electrons. The zero-order valence-electron chi connectivity index (χ0n) is 12.2. The summed E-state index contributed by atoms with van der Waals surface area (Å²) in [5, 5.41) is 0. The number of carbonyl (C=O) groups excluding carboxylic acids is 2. The molecule has 6 heteroatoms. The van der Waals surface area contributed by atoms with Crippen LogP contribution in [0.5, 0.6) is 0 Å². The van der Waals surface area contributed by atoms with E-state index in [0.29, 0.717) is 4.90 Å². The second kappa shape index (κ2) is 6.36. The summed E-state index contributed by atoms with van der Waals surface area (Å²) >= 11 is 0. The van der Waals surface area contributed by atoms with E-state index in [0.717, 1.165) is 6.08 Å². The number of methoxy groups -OCH3 is 1. The summed E-state index contributed by atoms with van der Waals surface area (Å²) in [7, 11) is 1.42. The fourth-order valence-corrected chi connectivity index (χ4v) is 2.53. The second-order valence-corrected chi connectivity index (χ2v) is 5.06. The highest BCUT2D eigenvalue weighted by Gasteiger charge is 2.49. The Labute approximate surface area is 127 Å². The molecule has 0 N–H and O–H groups in total. The van der Waals surface area contributed by atoms with Gasteiger partial charge in [-0.1, -0.05) is 18.2 Å². The predicted octanol–water partition coefficient (Wildman–Crippen LogP) is 2.90. The highest BCUT2D eigenvalue weighted by Crippen LogP contribution is 2.34. The third-order valence-corrected chi connectivity index (χ3v) is 3.62. The van der Waals surface area contributed by atoms with Crippen molar-refractivity contribution >= 4 is 11.8 Å². The zero-order valence-corrected chi connectivity index (χ0v) is 12.2. The Hall–Kier alpha value is -2.08. The zero-order chi connectivity index (χ0) is 16.3. The third-order valence-electron chi connectivity index (χ3n) is 3.62. The normalized spacial score (nSPS) is 15.9. The van der Waals surface area contributed by atoms with E-state index in [-0.39, 0.29) is 24.2 Å². The summed E-state index contributed by atoms with van der Waals surface area (Å²) in [6.07, 6.45) is 0.580. The number of nitrogens with zero attached hydrogens (tertiary/aromatic N) is 1. The Balaban J connectivity index is 2.27. The number of ether oxygens (including phenoxy) is 1. The van der Waals surface area contributed by atoms with Crippen LogP contribution in [0, 0.1) is 0 Å². The van der Waals surface area contributed by atoms with Crippen molar-refractivity contribution in [2.45, 2.75) is 24.8 Å². The minimum Gasteiger partial charge on any atom is -0.385 e. The molecule has 0 aromatic heterocycles. The molecule has 4 nitrogen and oxygen atoms in total. The lowest BCUT2D eigenvalue weighted by Crippen LogP contribution is -2.49. The lowest BCUT2D eigenvalue weighted by atomic mass is 10.0. The molecule has 1 heterocycles. The maximum Gasteiger partial charge on any atom is 0.272 e. The van der Waals surface area contributed by atoms with Gasteiger partial charge in [-0.05, 0) is 18.6 Å². The Morgan fingerprint density at radius 1 is 1.27 bits per heavy atom. The van der Waals surface area contributed by atoms with E-state index >= 15 is 0 Å². The highest BCUT2D eigenvalue weighted by molar-refractivity contribution is 6.21. The smallest absolute Gasteiger partial charge is 0.272 e. The van der Waals surface area contributed by atoms with Crippen molar-refractivity contribution in [1.29, 1.82) is 0 Å². The minimum absolute atomic E-state index is 0.122. The number of alkyl halides is 2. The lowest BCUT2D eigenvalue weighted by molar-refractivity contribution is -0.0593. The molecule has 1 aromatic carbocycles. The Morgan fingerprint density at radius 2 is 1.82 bits per heavy atom. The molecule has 0 bridgehead atoms. The topological polar surface area (TPSA) is 46.6 Å². The van der Waals surface area contributed by atoms with Crippen molar-refractivity contribution in [1.82, 2.24) is 4.90 Å². The van der Waals surface area contributed by atoms with E-state index in [1.165, 1.54) is 19.2 Å². The van der Waals surface area contributed by atoms with Gasteiger partial charge in [-0.15, -0.1) is 6.58 Å². The van der Waals surface area contributed by atoms with Gasteiger partial charge in [0.25, 0.3) is 17.7 Å². The Morgan fingerprint density at radius 3 is 2.27 bits per heavy atom. The van der Waals surface area contributed by atoms with Gasteiger partial charge < -0.3 is 4.74 Å². The summed E-state index contributed by atoms with van der Waals surface area (Å²) < 4.78 is 33.5. The molecular formula is C16H17F2NO3. The molecule has 1 atom stereocenters. The molecule has 1 unspecified atom stereocenters. The van der Waals surface area contributed by atoms with Gasteiger partial charge in [0, 0.05) is 20.1 Å². The van der Waals surface area contributed by atoms with Crippen LogP contribution in [-0.4, -0.2) is 42.4 Å². The lowest BCUT2D eigenvalue weighted by Gasteiger charge is -2.30. The number of rotatable bonds is 7. The molecule has 22 heavy (non-hydrogen) atoms. The third kappa shape index (κ3) is 2.78. The molecule has 1 aliphatic heterocycles. The largest absolute Gasteiger partial charge is 0.385 e. The van der Waals surface area contributed by atoms with E-state index in [9.17, 15) is 18.4 Å². The number of halogens is 2. The summed E-state index contributed by atoms with van der Waals surface area (Å²) in [6.45, 7) is 3.56. The first-order chi connectivity index (χ1) is 10.4. The van der Waals surface area contributed by atoms with Crippen LogP contribution in [0.15, 0.2) is 36.9 Å². The van der Waals surface area contributed by atoms with Crippen LogP contribution in [0.3, 0.4) is 0 Å². The van der Waals surface area contributed by atoms with Crippen molar-refractivity contribution in [3.05, 3.63) is 48.0 Å². The van der Waals surface area contributed by atoms with Gasteiger partial charge in [0.05, 0.1) is 11.1 Å². The van der Waals surface area contributed by atoms with Gasteiger partial charge in [-0.25, -0.2) is 8.78 Å². The average molecular weight is 309 g/mol. The first kappa shape index (κ1) is 16.3. The van der Waals surface area contributed by atoms with Crippen LogP contribution >= 0.6 is 0 Å². The molecule has 1 aromatic rings. The Bertz CT molecular complexity index is 566. The fourth-order valence-electron chi connectivity index (χ4n) is 2.53. The van der Waals surface area contributed by atoms with Crippen LogP contribution in [-0.2, 0) is 4.74 Å². The van der Waals surface area contributed by atoms with Gasteiger partial charge in [0.1, 0.15) is 6.04 Å². The van der Waals surface area contributed by atoms with Crippen LogP contribution in [0.1, 0.15) is 33.6 Å². The van der Waals surface area contributed by atoms with Crippen molar-refractivity contribution < 1.29 is 23.1 Å². The predicted molar refractivity (Wildman–Crippen MR) is 77.0 cm³/mol. The van der Waals surface area contributed by atoms with Gasteiger partial charge in [0.2, 0.25) is 0 Å². The van der Waals surface area contributed by atoms with Crippen molar-refractivity contribution in [3.63, 3.8) is 0 Å². The highest BCUT2D eigenvalue weighted by atomic mass is 19.3. The minimum atomic E-state index is -3.26. The number of benzene rings is 1. The SMILES string of the molecule is C=CC(N1C(=O)c2ccccc2C1=O)C(F)(F)CCCOC. The number of fused-ring (bicyclic) bond motifs is 1. The van der Waals surface area contributed by atoms with E-state index in [2.05, 4.69) is 6.58 Å². The molecule has 118 valence electrons. The molecule has 0 saturated carbocycles. The molecule has 0 saturated heterocycles. The maximum atomic E-state index is 14.4. The molecule has 0 aliphatic carbocycles.